The molecule has 5 amide bonds. The van der Waals surface area contributed by atoms with Crippen LogP contribution in [0.2, 0.25) is 0 Å². The van der Waals surface area contributed by atoms with Crippen molar-refractivity contribution < 1.29 is 33.6 Å². The predicted octanol–water partition coefficient (Wildman–Crippen LogP) is 0.612. The summed E-state index contributed by atoms with van der Waals surface area (Å²) >= 11 is 0. The van der Waals surface area contributed by atoms with E-state index >= 15 is 0 Å². The van der Waals surface area contributed by atoms with Crippen LogP contribution in [0.1, 0.15) is 57.8 Å². The van der Waals surface area contributed by atoms with Crippen molar-refractivity contribution in [1.82, 2.24) is 15.3 Å². The van der Waals surface area contributed by atoms with Gasteiger partial charge in [-0.3, -0.25) is 28.9 Å². The van der Waals surface area contributed by atoms with E-state index in [1.807, 2.05) is 0 Å². The van der Waals surface area contributed by atoms with Crippen LogP contribution < -0.4 is 5.32 Å². The molecule has 0 radical (unpaired) electrons. The fourth-order valence-electron chi connectivity index (χ4n) is 4.03. The first-order valence-electron chi connectivity index (χ1n) is 10.7. The van der Waals surface area contributed by atoms with Gasteiger partial charge in [-0.25, -0.2) is 4.79 Å². The zero-order chi connectivity index (χ0) is 22.4. The SMILES string of the molecule is O=C(CCCCNC(=O)C1CCC(CN2C(=O)C=CC2=O)CC1)ON1C(=O)CCC1=O. The van der Waals surface area contributed by atoms with E-state index in [1.165, 1.54) is 17.1 Å². The molecular weight excluding hydrogens is 406 g/mol. The van der Waals surface area contributed by atoms with Crippen LogP contribution in [-0.4, -0.2) is 58.6 Å². The van der Waals surface area contributed by atoms with Gasteiger partial charge in [0.15, 0.2) is 0 Å². The highest BCUT2D eigenvalue weighted by atomic mass is 16.7. The third-order valence-corrected chi connectivity index (χ3v) is 5.86. The molecular formula is C21H27N3O7. The molecule has 0 spiro atoms. The Morgan fingerprint density at radius 1 is 0.935 bits per heavy atom. The Morgan fingerprint density at radius 3 is 2.16 bits per heavy atom. The number of nitrogens with one attached hydrogen (secondary N) is 1. The van der Waals surface area contributed by atoms with Crippen LogP contribution in [-0.2, 0) is 33.6 Å². The van der Waals surface area contributed by atoms with Crippen LogP contribution in [0.4, 0.5) is 0 Å². The molecule has 2 aliphatic heterocycles. The van der Waals surface area contributed by atoms with Gasteiger partial charge in [0.2, 0.25) is 5.91 Å². The molecule has 0 atom stereocenters. The highest BCUT2D eigenvalue weighted by Crippen LogP contribution is 2.30. The maximum absolute atomic E-state index is 12.3. The summed E-state index contributed by atoms with van der Waals surface area (Å²) in [5.41, 5.74) is 0. The summed E-state index contributed by atoms with van der Waals surface area (Å²) in [7, 11) is 0. The van der Waals surface area contributed by atoms with Crippen LogP contribution >= 0.6 is 0 Å². The molecule has 0 aromatic heterocycles. The predicted molar refractivity (Wildman–Crippen MR) is 105 cm³/mol. The number of unbranched alkanes of at least 4 members (excludes halogenated alkanes) is 1. The highest BCUT2D eigenvalue weighted by molar-refractivity contribution is 6.12. The summed E-state index contributed by atoms with van der Waals surface area (Å²) in [5, 5.41) is 3.41. The maximum atomic E-state index is 12.3. The second-order valence-electron chi connectivity index (χ2n) is 8.13. The van der Waals surface area contributed by atoms with Crippen LogP contribution in [0.15, 0.2) is 12.2 Å². The van der Waals surface area contributed by atoms with Gasteiger partial charge in [0.25, 0.3) is 23.6 Å². The van der Waals surface area contributed by atoms with Crippen molar-refractivity contribution in [2.45, 2.75) is 57.8 Å². The Kier molecular flexibility index (Phi) is 7.54. The van der Waals surface area contributed by atoms with Crippen molar-refractivity contribution in [2.24, 2.45) is 11.8 Å². The van der Waals surface area contributed by atoms with Gasteiger partial charge in [0, 0.05) is 50.4 Å². The second-order valence-corrected chi connectivity index (χ2v) is 8.13. The number of imide groups is 2. The molecule has 3 rings (SSSR count). The van der Waals surface area contributed by atoms with Crippen molar-refractivity contribution in [3.05, 3.63) is 12.2 Å². The molecule has 2 heterocycles. The van der Waals surface area contributed by atoms with Gasteiger partial charge in [-0.15, -0.1) is 5.06 Å². The first kappa shape index (κ1) is 22.6. The molecule has 1 aliphatic carbocycles. The summed E-state index contributed by atoms with van der Waals surface area (Å²) in [6.07, 6.45) is 6.79. The number of carbonyl (C=O) groups excluding carboxylic acids is 6. The van der Waals surface area contributed by atoms with E-state index in [-0.39, 0.29) is 48.8 Å². The van der Waals surface area contributed by atoms with Gasteiger partial charge >= 0.3 is 5.97 Å². The Morgan fingerprint density at radius 2 is 1.55 bits per heavy atom. The fraction of sp³-hybridized carbons (Fsp3) is 0.619. The van der Waals surface area contributed by atoms with Crippen molar-refractivity contribution in [3.63, 3.8) is 0 Å². The van der Waals surface area contributed by atoms with Crippen LogP contribution in [0.5, 0.6) is 0 Å². The summed E-state index contributed by atoms with van der Waals surface area (Å²) in [5.74, 6) is -2.08. The van der Waals surface area contributed by atoms with Crippen LogP contribution in [0, 0.1) is 11.8 Å². The molecule has 10 heteroatoms. The number of hydroxylamine groups is 2. The van der Waals surface area contributed by atoms with E-state index < -0.39 is 17.8 Å². The van der Waals surface area contributed by atoms with Gasteiger partial charge in [0.05, 0.1) is 0 Å². The third kappa shape index (κ3) is 5.99. The smallest absolute Gasteiger partial charge is 0.333 e. The van der Waals surface area contributed by atoms with Gasteiger partial charge in [-0.05, 0) is 44.4 Å². The number of hydrogen-bond donors (Lipinski definition) is 1. The largest absolute Gasteiger partial charge is 0.356 e. The van der Waals surface area contributed by atoms with Gasteiger partial charge in [-0.1, -0.05) is 0 Å². The topological polar surface area (TPSA) is 130 Å². The quantitative estimate of drug-likeness (QED) is 0.416. The van der Waals surface area contributed by atoms with Crippen LogP contribution in [0.25, 0.3) is 0 Å². The standard InChI is InChI=1S/C21H27N3O7/c25-16-8-9-17(26)23(16)13-14-4-6-15(7-5-14)21(30)22-12-2-1-3-20(29)31-24-18(27)10-11-19(24)28/h8-9,14-15H,1-7,10-13H2,(H,22,30). The summed E-state index contributed by atoms with van der Waals surface area (Å²) in [4.78, 5) is 76.2. The third-order valence-electron chi connectivity index (χ3n) is 5.86. The molecule has 10 nitrogen and oxygen atoms in total. The molecule has 2 fully saturated rings. The lowest BCUT2D eigenvalue weighted by Crippen LogP contribution is -2.38. The molecule has 0 aromatic rings. The number of amides is 5. The van der Waals surface area contributed by atoms with Gasteiger partial charge in [-0.2, -0.15) is 0 Å². The molecule has 1 saturated carbocycles. The molecule has 0 aromatic carbocycles. The van der Waals surface area contributed by atoms with E-state index in [1.54, 1.807) is 0 Å². The second kappa shape index (κ2) is 10.3. The van der Waals surface area contributed by atoms with E-state index in [4.69, 9.17) is 4.84 Å². The monoisotopic (exact) mass is 433 g/mol. The van der Waals surface area contributed by atoms with Gasteiger partial charge < -0.3 is 10.2 Å². The number of nitrogens with zero attached hydrogens (tertiary/aromatic N) is 2. The minimum absolute atomic E-state index is 0.0238. The first-order chi connectivity index (χ1) is 14.8. The van der Waals surface area contributed by atoms with E-state index in [9.17, 15) is 28.8 Å². The minimum atomic E-state index is -0.640. The molecule has 3 aliphatic rings. The molecule has 0 unspecified atom stereocenters. The Balaban J connectivity index is 1.26. The minimum Gasteiger partial charge on any atom is -0.356 e. The Hall–Kier alpha value is -3.04. The molecule has 168 valence electrons. The average molecular weight is 433 g/mol. The summed E-state index contributed by atoms with van der Waals surface area (Å²) < 4.78 is 0. The van der Waals surface area contributed by atoms with Crippen molar-refractivity contribution in [1.29, 1.82) is 0 Å². The lowest BCUT2D eigenvalue weighted by molar-refractivity contribution is -0.197. The molecule has 0 bridgehead atoms. The fourth-order valence-corrected chi connectivity index (χ4v) is 4.03. The Bertz CT molecular complexity index is 765. The number of hydrogen-bond acceptors (Lipinski definition) is 7. The zero-order valence-electron chi connectivity index (χ0n) is 17.3. The summed E-state index contributed by atoms with van der Waals surface area (Å²) in [6, 6.07) is 0. The lowest BCUT2D eigenvalue weighted by atomic mass is 9.81. The van der Waals surface area contributed by atoms with Gasteiger partial charge in [0.1, 0.15) is 0 Å². The molecule has 1 N–H and O–H groups in total. The van der Waals surface area contributed by atoms with Crippen molar-refractivity contribution in [2.75, 3.05) is 13.1 Å². The average Bonchev–Trinajstić information content (AvgIpc) is 3.24. The van der Waals surface area contributed by atoms with Crippen LogP contribution in [0.3, 0.4) is 0 Å². The maximum Gasteiger partial charge on any atom is 0.333 e. The van der Waals surface area contributed by atoms with E-state index in [0.29, 0.717) is 43.8 Å². The number of carbonyl (C=O) groups is 6. The summed E-state index contributed by atoms with van der Waals surface area (Å²) in [6.45, 7) is 0.833. The van der Waals surface area contributed by atoms with Crippen molar-refractivity contribution in [3.8, 4) is 0 Å². The van der Waals surface area contributed by atoms with Crippen molar-refractivity contribution >= 4 is 35.5 Å². The molecule has 31 heavy (non-hydrogen) atoms. The first-order valence-corrected chi connectivity index (χ1v) is 10.7. The zero-order valence-corrected chi connectivity index (χ0v) is 17.3. The van der Waals surface area contributed by atoms with E-state index in [2.05, 4.69) is 5.32 Å². The Labute approximate surface area is 179 Å². The normalized spacial score (nSPS) is 23.6. The van der Waals surface area contributed by atoms with E-state index in [0.717, 1.165) is 12.8 Å². The molecule has 1 saturated heterocycles. The number of rotatable bonds is 9. The highest BCUT2D eigenvalue weighted by Gasteiger charge is 2.33. The lowest BCUT2D eigenvalue weighted by Gasteiger charge is -2.30.